The third-order valence-electron chi connectivity index (χ3n) is 2.83. The maximum Gasteiger partial charge on any atom is 0.166 e. The molecule has 2 nitrogen and oxygen atoms in total. The summed E-state index contributed by atoms with van der Waals surface area (Å²) in [6.45, 7) is 0. The van der Waals surface area contributed by atoms with Gasteiger partial charge in [0.15, 0.2) is 23.1 Å². The minimum Gasteiger partial charge on any atom is -0.504 e. The van der Waals surface area contributed by atoms with Gasteiger partial charge in [-0.25, -0.2) is 8.78 Å². The molecule has 0 saturated carbocycles. The molecule has 0 fully saturated rings. The van der Waals surface area contributed by atoms with Gasteiger partial charge in [-0.3, -0.25) is 0 Å². The van der Waals surface area contributed by atoms with Crippen molar-refractivity contribution in [2.45, 2.75) is 9.79 Å². The van der Waals surface area contributed by atoms with Crippen LogP contribution in [0.1, 0.15) is 0 Å². The first-order valence-electron chi connectivity index (χ1n) is 5.61. The molecule has 2 rings (SSSR count). The van der Waals surface area contributed by atoms with Crippen LogP contribution in [0.15, 0.2) is 34.1 Å². The van der Waals surface area contributed by atoms with Gasteiger partial charge >= 0.3 is 0 Å². The quantitative estimate of drug-likeness (QED) is 0.819. The van der Waals surface area contributed by atoms with Crippen LogP contribution in [-0.4, -0.2) is 22.7 Å². The molecule has 20 heavy (non-hydrogen) atoms. The summed E-state index contributed by atoms with van der Waals surface area (Å²) in [5.41, 5.74) is 0.887. The first kappa shape index (κ1) is 15.0. The van der Waals surface area contributed by atoms with Gasteiger partial charge in [0, 0.05) is 0 Å². The number of thioether (sulfide) groups is 2. The molecule has 0 amide bonds. The van der Waals surface area contributed by atoms with Crippen molar-refractivity contribution < 1.29 is 19.0 Å². The highest BCUT2D eigenvalue weighted by atomic mass is 32.2. The molecule has 0 spiro atoms. The summed E-state index contributed by atoms with van der Waals surface area (Å²) in [6.07, 6.45) is 3.42. The molecule has 0 heterocycles. The number of hydrogen-bond donors (Lipinski definition) is 2. The van der Waals surface area contributed by atoms with E-state index in [1.54, 1.807) is 24.6 Å². The first-order valence-corrected chi connectivity index (χ1v) is 8.06. The van der Waals surface area contributed by atoms with Crippen LogP contribution >= 0.6 is 23.5 Å². The van der Waals surface area contributed by atoms with E-state index in [1.165, 1.54) is 23.5 Å². The number of benzene rings is 2. The Kier molecular flexibility index (Phi) is 4.45. The van der Waals surface area contributed by atoms with Gasteiger partial charge in [0.05, 0.1) is 9.79 Å². The fraction of sp³-hybridized carbons (Fsp3) is 0.143. The summed E-state index contributed by atoms with van der Waals surface area (Å²) >= 11 is 2.39. The predicted molar refractivity (Wildman–Crippen MR) is 78.7 cm³/mol. The van der Waals surface area contributed by atoms with Gasteiger partial charge < -0.3 is 10.2 Å². The first-order chi connectivity index (χ1) is 9.47. The molecule has 0 atom stereocenters. The molecular formula is C14H12F2O2S2. The van der Waals surface area contributed by atoms with Gasteiger partial charge in [-0.05, 0) is 47.9 Å². The van der Waals surface area contributed by atoms with E-state index in [-0.39, 0.29) is 0 Å². The van der Waals surface area contributed by atoms with Crippen LogP contribution in [0.2, 0.25) is 0 Å². The van der Waals surface area contributed by atoms with E-state index in [0.717, 1.165) is 12.1 Å². The lowest BCUT2D eigenvalue weighted by molar-refractivity contribution is 0.419. The van der Waals surface area contributed by atoms with Crippen LogP contribution < -0.4 is 0 Å². The molecule has 2 N–H and O–H groups in total. The summed E-state index contributed by atoms with van der Waals surface area (Å²) in [6, 6.07) is 5.45. The monoisotopic (exact) mass is 314 g/mol. The summed E-state index contributed by atoms with van der Waals surface area (Å²) in [4.78, 5) is 0.748. The lowest BCUT2D eigenvalue weighted by Gasteiger charge is -2.10. The van der Waals surface area contributed by atoms with E-state index in [0.29, 0.717) is 20.9 Å². The molecule has 0 unspecified atom stereocenters. The maximum atomic E-state index is 13.7. The second-order valence-electron chi connectivity index (χ2n) is 4.02. The van der Waals surface area contributed by atoms with E-state index >= 15 is 0 Å². The highest BCUT2D eigenvalue weighted by Gasteiger charge is 2.14. The van der Waals surface area contributed by atoms with Crippen molar-refractivity contribution >= 4 is 23.5 Å². The molecule has 0 saturated heterocycles. The Morgan fingerprint density at radius 1 is 0.750 bits per heavy atom. The van der Waals surface area contributed by atoms with Crippen molar-refractivity contribution in [3.63, 3.8) is 0 Å². The normalized spacial score (nSPS) is 10.8. The van der Waals surface area contributed by atoms with Crippen molar-refractivity contribution in [3.05, 3.63) is 35.9 Å². The number of hydrogen-bond acceptors (Lipinski definition) is 4. The standard InChI is InChI=1S/C14H12F2O2S2/c1-19-11-5-7(3-9(15)13(11)17)8-4-10(16)14(18)12(6-8)20-2/h3-6,17-18H,1-2H3. The Morgan fingerprint density at radius 2 is 1.10 bits per heavy atom. The van der Waals surface area contributed by atoms with Gasteiger partial charge in [0.25, 0.3) is 0 Å². The Hall–Kier alpha value is -1.40. The van der Waals surface area contributed by atoms with Crippen LogP contribution in [0, 0.1) is 11.6 Å². The van der Waals surface area contributed by atoms with Crippen molar-refractivity contribution in [1.29, 1.82) is 0 Å². The van der Waals surface area contributed by atoms with Gasteiger partial charge in [-0.2, -0.15) is 0 Å². The SMILES string of the molecule is CSc1cc(-c2cc(F)c(O)c(SC)c2)cc(F)c1O. The average molecular weight is 314 g/mol. The Labute approximate surface area is 123 Å². The van der Waals surface area contributed by atoms with E-state index in [4.69, 9.17) is 0 Å². The average Bonchev–Trinajstić information content (AvgIpc) is 2.44. The molecular weight excluding hydrogens is 302 g/mol. The minimum absolute atomic E-state index is 0.374. The predicted octanol–water partition coefficient (Wildman–Crippen LogP) is 4.49. The van der Waals surface area contributed by atoms with E-state index in [2.05, 4.69) is 0 Å². The van der Waals surface area contributed by atoms with Gasteiger partial charge in [-0.1, -0.05) is 0 Å². The van der Waals surface area contributed by atoms with Crippen molar-refractivity contribution in [1.82, 2.24) is 0 Å². The smallest absolute Gasteiger partial charge is 0.166 e. The zero-order chi connectivity index (χ0) is 14.9. The molecule has 0 aromatic heterocycles. The zero-order valence-electron chi connectivity index (χ0n) is 10.8. The number of halogens is 2. The highest BCUT2D eigenvalue weighted by Crippen LogP contribution is 2.38. The van der Waals surface area contributed by atoms with E-state index in [9.17, 15) is 19.0 Å². The maximum absolute atomic E-state index is 13.7. The lowest BCUT2D eigenvalue weighted by Crippen LogP contribution is -1.88. The molecule has 0 aliphatic heterocycles. The summed E-state index contributed by atoms with van der Waals surface area (Å²) < 4.78 is 27.3. The third-order valence-corrected chi connectivity index (χ3v) is 4.33. The van der Waals surface area contributed by atoms with Crippen LogP contribution in [0.25, 0.3) is 11.1 Å². The van der Waals surface area contributed by atoms with Crippen LogP contribution in [-0.2, 0) is 0 Å². The van der Waals surface area contributed by atoms with Gasteiger partial charge in [0.2, 0.25) is 0 Å². The molecule has 2 aromatic carbocycles. The topological polar surface area (TPSA) is 40.5 Å². The Balaban J connectivity index is 2.62. The summed E-state index contributed by atoms with van der Waals surface area (Å²) in [5.74, 6) is -2.34. The molecule has 0 aliphatic carbocycles. The van der Waals surface area contributed by atoms with Crippen molar-refractivity contribution in [2.24, 2.45) is 0 Å². The molecule has 0 bridgehead atoms. The fourth-order valence-electron chi connectivity index (χ4n) is 1.79. The molecule has 6 heteroatoms. The van der Waals surface area contributed by atoms with Crippen LogP contribution in [0.5, 0.6) is 11.5 Å². The second-order valence-corrected chi connectivity index (χ2v) is 5.71. The molecule has 0 aliphatic rings. The van der Waals surface area contributed by atoms with Crippen molar-refractivity contribution in [3.8, 4) is 22.6 Å². The number of phenols is 2. The minimum atomic E-state index is -0.758. The number of phenolic OH excluding ortho intramolecular Hbond substituents is 2. The van der Waals surface area contributed by atoms with E-state index in [1.807, 2.05) is 0 Å². The Morgan fingerprint density at radius 3 is 1.40 bits per heavy atom. The zero-order valence-corrected chi connectivity index (χ0v) is 12.4. The Bertz CT molecular complexity index is 603. The number of aromatic hydroxyl groups is 2. The van der Waals surface area contributed by atoms with Crippen LogP contribution in [0.4, 0.5) is 8.78 Å². The van der Waals surface area contributed by atoms with E-state index < -0.39 is 23.1 Å². The van der Waals surface area contributed by atoms with Gasteiger partial charge in [0.1, 0.15) is 0 Å². The molecule has 2 aromatic rings. The molecule has 0 radical (unpaired) electrons. The fourth-order valence-corrected chi connectivity index (χ4v) is 2.86. The molecule has 106 valence electrons. The highest BCUT2D eigenvalue weighted by molar-refractivity contribution is 7.99. The third kappa shape index (κ3) is 2.71. The van der Waals surface area contributed by atoms with Gasteiger partial charge in [-0.15, -0.1) is 23.5 Å². The second kappa shape index (κ2) is 5.93. The van der Waals surface area contributed by atoms with Crippen molar-refractivity contribution in [2.75, 3.05) is 12.5 Å². The lowest BCUT2D eigenvalue weighted by atomic mass is 10.0. The summed E-state index contributed by atoms with van der Waals surface area (Å²) in [5, 5.41) is 19.1. The van der Waals surface area contributed by atoms with Crippen LogP contribution in [0.3, 0.4) is 0 Å². The largest absolute Gasteiger partial charge is 0.504 e. The summed E-state index contributed by atoms with van der Waals surface area (Å²) in [7, 11) is 0. The number of rotatable bonds is 3.